The Hall–Kier alpha value is -1.11. The molecule has 0 heterocycles. The summed E-state index contributed by atoms with van der Waals surface area (Å²) in [6, 6.07) is 8.11. The van der Waals surface area contributed by atoms with Gasteiger partial charge < -0.3 is 0 Å². The Labute approximate surface area is 97.9 Å². The monoisotopic (exact) mass is 216 g/mol. The third-order valence-corrected chi connectivity index (χ3v) is 3.75. The van der Waals surface area contributed by atoms with Gasteiger partial charge in [0, 0.05) is 5.56 Å². The standard InChI is InChI=1S/C15H20O/c1-15(2)9-3-4-14(10-15)13-7-5-12(11-16)6-8-13/h5-8,11,14H,3-4,9-10H2,1-2H3. The average molecular weight is 216 g/mol. The van der Waals surface area contributed by atoms with Crippen LogP contribution in [0.25, 0.3) is 0 Å². The van der Waals surface area contributed by atoms with E-state index in [-0.39, 0.29) is 0 Å². The number of carbonyl (C=O) groups is 1. The molecule has 0 saturated heterocycles. The van der Waals surface area contributed by atoms with Gasteiger partial charge in [-0.25, -0.2) is 0 Å². The summed E-state index contributed by atoms with van der Waals surface area (Å²) in [5, 5.41) is 0. The number of aldehydes is 1. The highest BCUT2D eigenvalue weighted by Crippen LogP contribution is 2.43. The molecule has 0 radical (unpaired) electrons. The molecule has 1 atom stereocenters. The maximum atomic E-state index is 10.6. The van der Waals surface area contributed by atoms with Crippen molar-refractivity contribution in [3.63, 3.8) is 0 Å². The molecule has 0 spiro atoms. The van der Waals surface area contributed by atoms with E-state index in [0.717, 1.165) is 11.8 Å². The Morgan fingerprint density at radius 1 is 1.25 bits per heavy atom. The summed E-state index contributed by atoms with van der Waals surface area (Å²) in [6.45, 7) is 4.72. The molecule has 2 rings (SSSR count). The fourth-order valence-electron chi connectivity index (χ4n) is 2.83. The van der Waals surface area contributed by atoms with Gasteiger partial charge in [-0.3, -0.25) is 4.79 Å². The highest BCUT2D eigenvalue weighted by atomic mass is 16.1. The van der Waals surface area contributed by atoms with E-state index >= 15 is 0 Å². The Bertz CT molecular complexity index is 362. The van der Waals surface area contributed by atoms with E-state index in [4.69, 9.17) is 0 Å². The van der Waals surface area contributed by atoms with E-state index in [1.165, 1.54) is 31.2 Å². The molecule has 0 bridgehead atoms. The van der Waals surface area contributed by atoms with Crippen LogP contribution in [0.1, 0.15) is 61.4 Å². The molecule has 0 N–H and O–H groups in total. The molecule has 1 saturated carbocycles. The van der Waals surface area contributed by atoms with Gasteiger partial charge in [0.05, 0.1) is 0 Å². The molecule has 1 aliphatic carbocycles. The smallest absolute Gasteiger partial charge is 0.150 e. The molecular formula is C15H20O. The van der Waals surface area contributed by atoms with Gasteiger partial charge in [0.2, 0.25) is 0 Å². The quantitative estimate of drug-likeness (QED) is 0.678. The normalized spacial score (nSPS) is 24.0. The van der Waals surface area contributed by atoms with Crippen molar-refractivity contribution >= 4 is 6.29 Å². The largest absolute Gasteiger partial charge is 0.298 e. The van der Waals surface area contributed by atoms with Crippen LogP contribution in [0.2, 0.25) is 0 Å². The SMILES string of the molecule is CC1(C)CCCC(c2ccc(C=O)cc2)C1. The molecule has 1 heteroatoms. The second-order valence-corrected chi connectivity index (χ2v) is 5.74. The summed E-state index contributed by atoms with van der Waals surface area (Å²) in [5.41, 5.74) is 2.66. The van der Waals surface area contributed by atoms with Gasteiger partial charge in [-0.2, -0.15) is 0 Å². The van der Waals surface area contributed by atoms with Crippen molar-refractivity contribution in [3.8, 4) is 0 Å². The Morgan fingerprint density at radius 2 is 1.94 bits per heavy atom. The lowest BCUT2D eigenvalue weighted by atomic mass is 9.70. The number of carbonyl (C=O) groups excluding carboxylic acids is 1. The minimum atomic E-state index is 0.478. The minimum absolute atomic E-state index is 0.478. The fourth-order valence-corrected chi connectivity index (χ4v) is 2.83. The van der Waals surface area contributed by atoms with Crippen LogP contribution in [-0.2, 0) is 0 Å². The van der Waals surface area contributed by atoms with E-state index in [1.807, 2.05) is 12.1 Å². The zero-order valence-corrected chi connectivity index (χ0v) is 10.2. The molecule has 1 aromatic rings. The molecule has 0 aliphatic heterocycles. The lowest BCUT2D eigenvalue weighted by molar-refractivity contribution is 0.112. The van der Waals surface area contributed by atoms with Crippen molar-refractivity contribution in [2.24, 2.45) is 5.41 Å². The van der Waals surface area contributed by atoms with E-state index in [9.17, 15) is 4.79 Å². The minimum Gasteiger partial charge on any atom is -0.298 e. The second-order valence-electron chi connectivity index (χ2n) is 5.74. The van der Waals surface area contributed by atoms with Gasteiger partial charge >= 0.3 is 0 Å². The van der Waals surface area contributed by atoms with Crippen LogP contribution in [-0.4, -0.2) is 6.29 Å². The summed E-state index contributed by atoms with van der Waals surface area (Å²) < 4.78 is 0. The van der Waals surface area contributed by atoms with Crippen molar-refractivity contribution in [3.05, 3.63) is 35.4 Å². The first-order valence-electron chi connectivity index (χ1n) is 6.16. The summed E-state index contributed by atoms with van der Waals surface area (Å²) in [6.07, 6.45) is 6.15. The number of rotatable bonds is 2. The van der Waals surface area contributed by atoms with E-state index in [2.05, 4.69) is 26.0 Å². The number of hydrogen-bond acceptors (Lipinski definition) is 1. The van der Waals surface area contributed by atoms with Crippen LogP contribution in [0.15, 0.2) is 24.3 Å². The van der Waals surface area contributed by atoms with Crippen molar-refractivity contribution in [1.82, 2.24) is 0 Å². The van der Waals surface area contributed by atoms with Crippen LogP contribution in [0.5, 0.6) is 0 Å². The maximum Gasteiger partial charge on any atom is 0.150 e. The van der Waals surface area contributed by atoms with Crippen molar-refractivity contribution in [2.75, 3.05) is 0 Å². The first-order valence-corrected chi connectivity index (χ1v) is 6.16. The van der Waals surface area contributed by atoms with Gasteiger partial charge in [-0.15, -0.1) is 0 Å². The lowest BCUT2D eigenvalue weighted by Crippen LogP contribution is -2.21. The summed E-state index contributed by atoms with van der Waals surface area (Å²) in [4.78, 5) is 10.6. The number of benzene rings is 1. The van der Waals surface area contributed by atoms with Crippen LogP contribution in [0.4, 0.5) is 0 Å². The molecule has 16 heavy (non-hydrogen) atoms. The maximum absolute atomic E-state index is 10.6. The molecule has 1 aromatic carbocycles. The average Bonchev–Trinajstić information content (AvgIpc) is 2.28. The summed E-state index contributed by atoms with van der Waals surface area (Å²) in [5.74, 6) is 0.685. The first-order chi connectivity index (χ1) is 7.61. The van der Waals surface area contributed by atoms with Gasteiger partial charge in [0.1, 0.15) is 6.29 Å². The van der Waals surface area contributed by atoms with Gasteiger partial charge in [0.15, 0.2) is 0 Å². The molecule has 1 nitrogen and oxygen atoms in total. The summed E-state index contributed by atoms with van der Waals surface area (Å²) in [7, 11) is 0. The predicted octanol–water partition coefficient (Wildman–Crippen LogP) is 4.18. The molecule has 1 fully saturated rings. The third-order valence-electron chi connectivity index (χ3n) is 3.75. The Kier molecular flexibility index (Phi) is 3.13. The van der Waals surface area contributed by atoms with E-state index in [1.54, 1.807) is 0 Å². The van der Waals surface area contributed by atoms with E-state index < -0.39 is 0 Å². The molecule has 86 valence electrons. The fraction of sp³-hybridized carbons (Fsp3) is 0.533. The van der Waals surface area contributed by atoms with Gasteiger partial charge in [0.25, 0.3) is 0 Å². The predicted molar refractivity (Wildman–Crippen MR) is 66.8 cm³/mol. The second kappa shape index (κ2) is 4.40. The van der Waals surface area contributed by atoms with Gasteiger partial charge in [-0.1, -0.05) is 44.5 Å². The zero-order valence-electron chi connectivity index (χ0n) is 10.2. The van der Waals surface area contributed by atoms with Gasteiger partial charge in [-0.05, 0) is 36.2 Å². The first kappa shape index (κ1) is 11.4. The Balaban J connectivity index is 2.14. The van der Waals surface area contributed by atoms with Crippen molar-refractivity contribution < 1.29 is 4.79 Å². The molecular weight excluding hydrogens is 196 g/mol. The highest BCUT2D eigenvalue weighted by molar-refractivity contribution is 5.74. The van der Waals surface area contributed by atoms with E-state index in [0.29, 0.717) is 11.3 Å². The topological polar surface area (TPSA) is 17.1 Å². The highest BCUT2D eigenvalue weighted by Gasteiger charge is 2.28. The Morgan fingerprint density at radius 3 is 2.50 bits per heavy atom. The van der Waals surface area contributed by atoms with Crippen molar-refractivity contribution in [2.45, 2.75) is 45.4 Å². The molecule has 1 aliphatic rings. The third kappa shape index (κ3) is 2.52. The molecule has 0 amide bonds. The zero-order chi connectivity index (χ0) is 11.6. The van der Waals surface area contributed by atoms with Crippen LogP contribution in [0, 0.1) is 5.41 Å². The van der Waals surface area contributed by atoms with Crippen LogP contribution < -0.4 is 0 Å². The molecule has 1 unspecified atom stereocenters. The summed E-state index contributed by atoms with van der Waals surface area (Å²) >= 11 is 0. The van der Waals surface area contributed by atoms with Crippen LogP contribution >= 0.6 is 0 Å². The molecule has 0 aromatic heterocycles. The lowest BCUT2D eigenvalue weighted by Gasteiger charge is -2.35. The number of hydrogen-bond donors (Lipinski definition) is 0. The van der Waals surface area contributed by atoms with Crippen LogP contribution in [0.3, 0.4) is 0 Å². The van der Waals surface area contributed by atoms with Crippen molar-refractivity contribution in [1.29, 1.82) is 0 Å².